The topological polar surface area (TPSA) is 121 Å². The zero-order valence-corrected chi connectivity index (χ0v) is 17.3. The Morgan fingerprint density at radius 3 is 2.41 bits per heavy atom. The summed E-state index contributed by atoms with van der Waals surface area (Å²) in [6.07, 6.45) is 3.23. The largest absolute Gasteiger partial charge is 0 e. The second kappa shape index (κ2) is 7.09. The smallest absolute Gasteiger partial charge is 0 e. The zero-order valence-electron chi connectivity index (χ0n) is 11.6. The van der Waals surface area contributed by atoms with Crippen molar-refractivity contribution in [3.8, 4) is 0 Å². The Kier molecular flexibility index (Phi) is 5.83. The molecular formula is C12H14N5O3WY-. The predicted molar refractivity (Wildman–Crippen MR) is 70.5 cm³/mol. The molecule has 8 nitrogen and oxygen atoms in total. The number of hydrogen-bond donors (Lipinski definition) is 2. The van der Waals surface area contributed by atoms with Crippen molar-refractivity contribution in [2.24, 2.45) is 22.6 Å². The Balaban J connectivity index is 0.00000176. The van der Waals surface area contributed by atoms with Gasteiger partial charge in [0.1, 0.15) is 0 Å². The first-order chi connectivity index (χ1) is 9.99. The van der Waals surface area contributed by atoms with Gasteiger partial charge in [0.2, 0.25) is 0 Å². The summed E-state index contributed by atoms with van der Waals surface area (Å²) < 4.78 is 6.13. The molecule has 115 valence electrons. The SMILES string of the molecule is [NH-]/C(N)=N/[C](=[W])NCCN1C(=O)C2C3C=CC(O3)C2C1=O.[Y]. The summed E-state index contributed by atoms with van der Waals surface area (Å²) in [6.45, 7) is 0.685. The molecule has 0 aromatic rings. The molecule has 4 unspecified atom stereocenters. The zero-order chi connectivity index (χ0) is 15.1. The molecule has 2 fully saturated rings. The fraction of sp³-hybridized carbons (Fsp3) is 0.500. The van der Waals surface area contributed by atoms with Gasteiger partial charge in [-0.2, -0.15) is 0 Å². The van der Waals surface area contributed by atoms with E-state index in [0.29, 0.717) is 10.7 Å². The van der Waals surface area contributed by atoms with E-state index in [4.69, 9.17) is 16.2 Å². The summed E-state index contributed by atoms with van der Waals surface area (Å²) in [5, 5.41) is 2.96. The monoisotopic (exact) mass is 549 g/mol. The Morgan fingerprint density at radius 1 is 1.36 bits per heavy atom. The third kappa shape index (κ3) is 3.17. The number of guanidine groups is 1. The van der Waals surface area contributed by atoms with Gasteiger partial charge in [-0.15, -0.1) is 0 Å². The number of rotatable bonds is 5. The number of imide groups is 1. The molecule has 3 aliphatic heterocycles. The Hall–Kier alpha value is -0.268. The molecule has 22 heavy (non-hydrogen) atoms. The molecule has 3 heterocycles. The van der Waals surface area contributed by atoms with E-state index in [0.717, 1.165) is 19.4 Å². The predicted octanol–water partition coefficient (Wildman–Crippen LogP) is -1.49. The van der Waals surface area contributed by atoms with Crippen LogP contribution in [-0.2, 0) is 66.4 Å². The van der Waals surface area contributed by atoms with Crippen molar-refractivity contribution in [1.29, 1.82) is 0 Å². The van der Waals surface area contributed by atoms with Crippen LogP contribution in [0.1, 0.15) is 0 Å². The van der Waals surface area contributed by atoms with Gasteiger partial charge in [0.05, 0.1) is 0 Å². The first-order valence-corrected chi connectivity index (χ1v) is 7.98. The van der Waals surface area contributed by atoms with Crippen LogP contribution in [0.15, 0.2) is 17.1 Å². The maximum atomic E-state index is 12.3. The number of nitrogens with one attached hydrogen (secondary N) is 2. The summed E-state index contributed by atoms with van der Waals surface area (Å²) in [7, 11) is 0. The van der Waals surface area contributed by atoms with Crippen molar-refractivity contribution in [2.45, 2.75) is 12.2 Å². The van der Waals surface area contributed by atoms with Gasteiger partial charge in [-0.25, -0.2) is 0 Å². The van der Waals surface area contributed by atoms with E-state index < -0.39 is 0 Å². The number of amides is 2. The number of fused-ring (bicyclic) bond motifs is 5. The van der Waals surface area contributed by atoms with Crippen LogP contribution in [0.25, 0.3) is 5.73 Å². The molecule has 0 aromatic carbocycles. The number of ether oxygens (including phenoxy) is 1. The Labute approximate surface area is 163 Å². The van der Waals surface area contributed by atoms with E-state index in [-0.39, 0.29) is 81.1 Å². The van der Waals surface area contributed by atoms with E-state index in [2.05, 4.69) is 10.3 Å². The molecule has 2 bridgehead atoms. The minimum Gasteiger partial charge on any atom is 0 e. The number of carbonyl (C=O) groups excluding carboxylic acids is 2. The second-order valence-corrected chi connectivity index (χ2v) is 6.45. The molecule has 0 aromatic heterocycles. The van der Waals surface area contributed by atoms with Crippen molar-refractivity contribution in [3.05, 3.63) is 17.9 Å². The van der Waals surface area contributed by atoms with E-state index in [9.17, 15) is 9.59 Å². The molecule has 2 saturated heterocycles. The van der Waals surface area contributed by atoms with E-state index in [1.54, 1.807) is 0 Å². The first-order valence-electron chi connectivity index (χ1n) is 6.51. The molecule has 10 heteroatoms. The number of carbonyl (C=O) groups is 2. The van der Waals surface area contributed by atoms with Crippen LogP contribution in [0.4, 0.5) is 0 Å². The fourth-order valence-electron chi connectivity index (χ4n) is 3.01. The molecule has 4 atom stereocenters. The van der Waals surface area contributed by atoms with Gasteiger partial charge >= 0.3 is 132 Å². The standard InChI is InChI=1S/C12H14N5O3.W.Y/c13-12(14)16-5-15-3-4-17-10(18)8-6-1-2-7(20-6)9(8)11(17)19;;/h1-2,6-9,15H,3-4H2,(H3-,13,14,16);;/q-1;;. The van der Waals surface area contributed by atoms with Crippen LogP contribution >= 0.6 is 0 Å². The van der Waals surface area contributed by atoms with Gasteiger partial charge in [-0.1, -0.05) is 0 Å². The van der Waals surface area contributed by atoms with E-state index >= 15 is 0 Å². The van der Waals surface area contributed by atoms with Gasteiger partial charge in [-0.05, 0) is 0 Å². The fourth-order valence-corrected chi connectivity index (χ4v) is 3.73. The molecule has 1 radical (unpaired) electrons. The normalized spacial score (nSPS) is 32.4. The Bertz CT molecular complexity index is 547. The number of nitrogens with zero attached hydrogens (tertiary/aromatic N) is 2. The first kappa shape index (κ1) is 18.1. The van der Waals surface area contributed by atoms with Crippen molar-refractivity contribution < 1.29 is 66.4 Å². The maximum Gasteiger partial charge on any atom is 0 e. The van der Waals surface area contributed by atoms with Crippen LogP contribution in [0.2, 0.25) is 0 Å². The molecule has 0 saturated carbocycles. The summed E-state index contributed by atoms with van der Waals surface area (Å²) in [5.74, 6) is -1.29. The average molecular weight is 549 g/mol. The third-order valence-electron chi connectivity index (χ3n) is 3.84. The van der Waals surface area contributed by atoms with Gasteiger partial charge < -0.3 is 0 Å². The van der Waals surface area contributed by atoms with E-state index in [1.165, 1.54) is 4.90 Å². The number of aliphatic imine (C=N–C) groups is 1. The van der Waals surface area contributed by atoms with E-state index in [1.807, 2.05) is 12.2 Å². The van der Waals surface area contributed by atoms with Crippen LogP contribution in [0.5, 0.6) is 0 Å². The van der Waals surface area contributed by atoms with Gasteiger partial charge in [0.15, 0.2) is 0 Å². The second-order valence-electron chi connectivity index (χ2n) is 5.06. The molecule has 2 amide bonds. The summed E-state index contributed by atoms with van der Waals surface area (Å²) >= 11 is 1.03. The quantitative estimate of drug-likeness (QED) is 0.188. The van der Waals surface area contributed by atoms with Crippen LogP contribution in [0, 0.1) is 11.8 Å². The van der Waals surface area contributed by atoms with Crippen LogP contribution in [-0.4, -0.2) is 52.1 Å². The summed E-state index contributed by atoms with van der Waals surface area (Å²) in [5.41, 5.74) is 12.2. The average Bonchev–Trinajstić information content (AvgIpc) is 3.06. The van der Waals surface area contributed by atoms with Crippen LogP contribution < -0.4 is 11.1 Å². The Morgan fingerprint density at radius 2 is 1.91 bits per heavy atom. The number of nitrogens with two attached hydrogens (primary N) is 1. The van der Waals surface area contributed by atoms with Crippen molar-refractivity contribution in [3.63, 3.8) is 0 Å². The van der Waals surface area contributed by atoms with Gasteiger partial charge in [0, 0.05) is 32.7 Å². The van der Waals surface area contributed by atoms with Crippen LogP contribution in [0.3, 0.4) is 0 Å². The van der Waals surface area contributed by atoms with Gasteiger partial charge in [0.25, 0.3) is 0 Å². The molecule has 4 N–H and O–H groups in total. The van der Waals surface area contributed by atoms with Crippen molar-refractivity contribution in [2.75, 3.05) is 13.1 Å². The van der Waals surface area contributed by atoms with Crippen molar-refractivity contribution in [1.82, 2.24) is 10.2 Å². The minimum atomic E-state index is -0.356. The summed E-state index contributed by atoms with van der Waals surface area (Å²) in [4.78, 5) is 29.7. The maximum absolute atomic E-state index is 12.3. The molecule has 3 aliphatic rings. The molecule has 3 rings (SSSR count). The van der Waals surface area contributed by atoms with Crippen molar-refractivity contribution >= 4 is 21.9 Å². The number of likely N-dealkylation sites (tertiary alicyclic amines) is 1. The molecular weight excluding hydrogens is 535 g/mol. The molecule has 0 aliphatic carbocycles. The molecule has 0 spiro atoms. The third-order valence-corrected chi connectivity index (χ3v) is 4.68. The minimum absolute atomic E-state index is 0. The van der Waals surface area contributed by atoms with Gasteiger partial charge in [-0.3, -0.25) is 0 Å². The number of hydrogen-bond acceptors (Lipinski definition) is 5. The summed E-state index contributed by atoms with van der Waals surface area (Å²) in [6, 6.07) is 0.